The number of hydrogen-bond acceptors (Lipinski definition) is 3. The van der Waals surface area contributed by atoms with E-state index in [1.54, 1.807) is 0 Å². The van der Waals surface area contributed by atoms with Crippen LogP contribution in [0.5, 0.6) is 0 Å². The predicted octanol–water partition coefficient (Wildman–Crippen LogP) is 2.43. The van der Waals surface area contributed by atoms with Crippen molar-refractivity contribution in [1.29, 1.82) is 0 Å². The van der Waals surface area contributed by atoms with Crippen LogP contribution < -0.4 is 0 Å². The van der Waals surface area contributed by atoms with Gasteiger partial charge in [-0.05, 0) is 7.05 Å². The first kappa shape index (κ1) is 19.1. The van der Waals surface area contributed by atoms with E-state index in [4.69, 9.17) is 0 Å². The highest BCUT2D eigenvalue weighted by Gasteiger charge is 2.20. The Labute approximate surface area is 124 Å². The first-order valence-corrected chi connectivity index (χ1v) is 7.60. The highest BCUT2D eigenvalue weighted by Crippen LogP contribution is 2.15. The number of ketones is 1. The van der Waals surface area contributed by atoms with Gasteiger partial charge in [0.1, 0.15) is 5.78 Å². The molecule has 0 atom stereocenters. The first-order valence-electron chi connectivity index (χ1n) is 7.60. The Morgan fingerprint density at radius 1 is 1.05 bits per heavy atom. The van der Waals surface area contributed by atoms with Gasteiger partial charge in [-0.1, -0.05) is 41.5 Å². The van der Waals surface area contributed by atoms with Crippen molar-refractivity contribution in [1.82, 2.24) is 9.80 Å². The number of rotatable bonds is 2. The summed E-state index contributed by atoms with van der Waals surface area (Å²) in [6.45, 7) is 15.5. The summed E-state index contributed by atoms with van der Waals surface area (Å²) < 4.78 is 0. The quantitative estimate of drug-likeness (QED) is 0.782. The van der Waals surface area contributed by atoms with Gasteiger partial charge >= 0.3 is 0 Å². The van der Waals surface area contributed by atoms with Crippen LogP contribution in [-0.4, -0.2) is 54.7 Å². The predicted molar refractivity (Wildman–Crippen MR) is 83.7 cm³/mol. The molecule has 0 aromatic rings. The molecule has 1 rings (SSSR count). The summed E-state index contributed by atoms with van der Waals surface area (Å²) >= 11 is 0. The molecular weight excluding hydrogens is 252 g/mol. The zero-order valence-corrected chi connectivity index (χ0v) is 14.3. The monoisotopic (exact) mass is 284 g/mol. The smallest absolute Gasteiger partial charge is 0.225 e. The van der Waals surface area contributed by atoms with E-state index in [-0.39, 0.29) is 11.3 Å². The average molecular weight is 284 g/mol. The largest absolute Gasteiger partial charge is 0.340 e. The summed E-state index contributed by atoms with van der Waals surface area (Å²) in [6.07, 6.45) is 0.656. The summed E-state index contributed by atoms with van der Waals surface area (Å²) in [5.74, 6) is 0.772. The standard InChI is InChI=1S/C9H18N2O.C7H14O/c1-8(2)9(12)11-6-4-10(3)5-7-11;1-5-6(8)7(2,3)4/h8H,4-7H2,1-3H3;5H2,1-4H3. The molecular formula is C16H32N2O2. The van der Waals surface area contributed by atoms with E-state index in [1.165, 1.54) is 0 Å². The van der Waals surface area contributed by atoms with Crippen molar-refractivity contribution in [2.75, 3.05) is 33.2 Å². The SMILES string of the molecule is CC(C)C(=O)N1CCN(C)CC1.CCC(=O)C(C)(C)C. The lowest BCUT2D eigenvalue weighted by atomic mass is 9.90. The molecule has 1 aliphatic rings. The van der Waals surface area contributed by atoms with Gasteiger partial charge in [-0.15, -0.1) is 0 Å². The van der Waals surface area contributed by atoms with E-state index in [9.17, 15) is 9.59 Å². The van der Waals surface area contributed by atoms with Crippen LogP contribution in [0.25, 0.3) is 0 Å². The number of likely N-dealkylation sites (N-methyl/N-ethyl adjacent to an activating group) is 1. The fourth-order valence-corrected chi connectivity index (χ4v) is 1.92. The fourth-order valence-electron chi connectivity index (χ4n) is 1.92. The van der Waals surface area contributed by atoms with Crippen LogP contribution in [0.2, 0.25) is 0 Å². The zero-order valence-electron chi connectivity index (χ0n) is 14.3. The molecule has 1 aliphatic heterocycles. The number of carbonyl (C=O) groups is 2. The number of amides is 1. The molecule has 118 valence electrons. The zero-order chi connectivity index (χ0) is 15.9. The Morgan fingerprint density at radius 2 is 1.50 bits per heavy atom. The molecule has 0 unspecified atom stereocenters. The van der Waals surface area contributed by atoms with Crippen LogP contribution in [0.3, 0.4) is 0 Å². The molecule has 0 aliphatic carbocycles. The lowest BCUT2D eigenvalue weighted by Gasteiger charge is -2.33. The third kappa shape index (κ3) is 7.04. The second-order valence-electron chi connectivity index (χ2n) is 6.81. The van der Waals surface area contributed by atoms with E-state index in [0.29, 0.717) is 18.1 Å². The molecule has 0 bridgehead atoms. The molecule has 0 N–H and O–H groups in total. The van der Waals surface area contributed by atoms with Crippen molar-refractivity contribution in [3.63, 3.8) is 0 Å². The van der Waals surface area contributed by atoms with Crippen molar-refractivity contribution in [3.8, 4) is 0 Å². The maximum absolute atomic E-state index is 11.5. The molecule has 1 heterocycles. The lowest BCUT2D eigenvalue weighted by Crippen LogP contribution is -2.48. The summed E-state index contributed by atoms with van der Waals surface area (Å²) in [5.41, 5.74) is -0.130. The molecule has 0 spiro atoms. The molecule has 1 saturated heterocycles. The lowest BCUT2D eigenvalue weighted by molar-refractivity contribution is -0.136. The van der Waals surface area contributed by atoms with Gasteiger partial charge in [-0.25, -0.2) is 0 Å². The highest BCUT2D eigenvalue weighted by molar-refractivity contribution is 5.83. The number of Topliss-reactive ketones (excluding diaryl/α,β-unsaturated/α-hetero) is 1. The summed E-state index contributed by atoms with van der Waals surface area (Å²) in [6, 6.07) is 0. The Bertz CT molecular complexity index is 311. The Hall–Kier alpha value is -0.900. The maximum atomic E-state index is 11.5. The van der Waals surface area contributed by atoms with Gasteiger partial charge in [0.15, 0.2) is 0 Å². The number of nitrogens with zero attached hydrogens (tertiary/aromatic N) is 2. The van der Waals surface area contributed by atoms with Crippen LogP contribution in [0.15, 0.2) is 0 Å². The van der Waals surface area contributed by atoms with Gasteiger partial charge in [0.05, 0.1) is 0 Å². The van der Waals surface area contributed by atoms with Gasteiger partial charge in [0.2, 0.25) is 5.91 Å². The minimum Gasteiger partial charge on any atom is -0.340 e. The number of piperazine rings is 1. The van der Waals surface area contributed by atoms with Crippen LogP contribution in [0, 0.1) is 11.3 Å². The minimum atomic E-state index is -0.130. The molecule has 0 radical (unpaired) electrons. The van der Waals surface area contributed by atoms with E-state index in [2.05, 4.69) is 11.9 Å². The number of carbonyl (C=O) groups excluding carboxylic acids is 2. The van der Waals surface area contributed by atoms with Gasteiger partial charge in [-0.2, -0.15) is 0 Å². The second kappa shape index (κ2) is 8.40. The van der Waals surface area contributed by atoms with Crippen molar-refractivity contribution < 1.29 is 9.59 Å². The molecule has 1 fully saturated rings. The van der Waals surface area contributed by atoms with Crippen molar-refractivity contribution in [2.24, 2.45) is 11.3 Å². The van der Waals surface area contributed by atoms with Crippen molar-refractivity contribution in [3.05, 3.63) is 0 Å². The highest BCUT2D eigenvalue weighted by atomic mass is 16.2. The third-order valence-corrected chi connectivity index (χ3v) is 3.47. The van der Waals surface area contributed by atoms with Crippen molar-refractivity contribution in [2.45, 2.75) is 48.0 Å². The summed E-state index contributed by atoms with van der Waals surface area (Å²) in [5, 5.41) is 0. The van der Waals surface area contributed by atoms with E-state index < -0.39 is 0 Å². The Balaban J connectivity index is 0.000000396. The second-order valence-corrected chi connectivity index (χ2v) is 6.81. The van der Waals surface area contributed by atoms with Gasteiger partial charge in [0, 0.05) is 43.9 Å². The van der Waals surface area contributed by atoms with Gasteiger partial charge < -0.3 is 9.80 Å². The normalized spacial score (nSPS) is 16.7. The van der Waals surface area contributed by atoms with Crippen LogP contribution in [0.4, 0.5) is 0 Å². The van der Waals surface area contributed by atoms with E-state index in [0.717, 1.165) is 26.2 Å². The molecule has 4 heteroatoms. The Morgan fingerprint density at radius 3 is 1.75 bits per heavy atom. The van der Waals surface area contributed by atoms with Gasteiger partial charge in [-0.3, -0.25) is 9.59 Å². The van der Waals surface area contributed by atoms with E-state index in [1.807, 2.05) is 46.4 Å². The minimum absolute atomic E-state index is 0.130. The first-order chi connectivity index (χ1) is 9.09. The van der Waals surface area contributed by atoms with Crippen molar-refractivity contribution >= 4 is 11.7 Å². The van der Waals surface area contributed by atoms with Crippen LogP contribution >= 0.6 is 0 Å². The maximum Gasteiger partial charge on any atom is 0.225 e. The molecule has 0 aromatic carbocycles. The summed E-state index contributed by atoms with van der Waals surface area (Å²) in [4.78, 5) is 26.6. The van der Waals surface area contributed by atoms with Crippen LogP contribution in [-0.2, 0) is 9.59 Å². The van der Waals surface area contributed by atoms with Crippen LogP contribution in [0.1, 0.15) is 48.0 Å². The summed E-state index contributed by atoms with van der Waals surface area (Å²) in [7, 11) is 2.09. The molecule has 4 nitrogen and oxygen atoms in total. The van der Waals surface area contributed by atoms with Gasteiger partial charge in [0.25, 0.3) is 0 Å². The molecule has 0 saturated carbocycles. The fraction of sp³-hybridized carbons (Fsp3) is 0.875. The third-order valence-electron chi connectivity index (χ3n) is 3.47. The topological polar surface area (TPSA) is 40.6 Å². The number of hydrogen-bond donors (Lipinski definition) is 0. The molecule has 0 aromatic heterocycles. The van der Waals surface area contributed by atoms with E-state index >= 15 is 0 Å². The molecule has 1 amide bonds. The average Bonchev–Trinajstić information content (AvgIpc) is 2.37. The Kier molecular flexibility index (Phi) is 8.02. The molecule has 20 heavy (non-hydrogen) atoms.